The van der Waals surface area contributed by atoms with Crippen molar-refractivity contribution in [2.24, 2.45) is 7.05 Å². The molecule has 0 unspecified atom stereocenters. The Morgan fingerprint density at radius 3 is 2.88 bits per heavy atom. The summed E-state index contributed by atoms with van der Waals surface area (Å²) in [6, 6.07) is 2.85. The summed E-state index contributed by atoms with van der Waals surface area (Å²) in [7, 11) is 1.96. The first-order chi connectivity index (χ1) is 7.79. The normalized spacial score (nSPS) is 15.9. The van der Waals surface area contributed by atoms with Crippen molar-refractivity contribution in [2.75, 3.05) is 13.2 Å². The minimum Gasteiger partial charge on any atom is -0.396 e. The molecule has 0 bridgehead atoms. The third kappa shape index (κ3) is 3.32. The zero-order chi connectivity index (χ0) is 11.4. The first-order valence-corrected chi connectivity index (χ1v) is 6.13. The molecule has 2 rings (SSSR count). The Balaban J connectivity index is 1.82. The van der Waals surface area contributed by atoms with E-state index in [0.29, 0.717) is 6.61 Å². The average Bonchev–Trinajstić information content (AvgIpc) is 3.02. The molecule has 1 aromatic rings. The summed E-state index contributed by atoms with van der Waals surface area (Å²) >= 11 is 0. The maximum Gasteiger partial charge on any atom is 0.0764 e. The Labute approximate surface area is 96.9 Å². The van der Waals surface area contributed by atoms with Gasteiger partial charge in [0.05, 0.1) is 5.69 Å². The molecule has 0 atom stereocenters. The highest BCUT2D eigenvalue weighted by atomic mass is 16.2. The van der Waals surface area contributed by atoms with Gasteiger partial charge in [-0.1, -0.05) is 0 Å². The molecule has 0 aliphatic heterocycles. The summed E-state index contributed by atoms with van der Waals surface area (Å²) in [5.41, 5.74) is 1.15. The van der Waals surface area contributed by atoms with Crippen LogP contribution in [0.1, 0.15) is 31.4 Å². The minimum absolute atomic E-state index is 0.308. The molecule has 0 spiro atoms. The van der Waals surface area contributed by atoms with Crippen LogP contribution in [0.2, 0.25) is 0 Å². The molecule has 1 heterocycles. The van der Waals surface area contributed by atoms with E-state index in [1.54, 1.807) is 0 Å². The van der Waals surface area contributed by atoms with Gasteiger partial charge in [0.25, 0.3) is 0 Å². The van der Waals surface area contributed by atoms with Gasteiger partial charge in [-0.3, -0.25) is 9.58 Å². The number of aliphatic hydroxyl groups excluding tert-OH is 1. The lowest BCUT2D eigenvalue weighted by Gasteiger charge is -2.20. The van der Waals surface area contributed by atoms with Crippen LogP contribution in [-0.2, 0) is 13.6 Å². The lowest BCUT2D eigenvalue weighted by Crippen LogP contribution is -2.27. The zero-order valence-electron chi connectivity index (χ0n) is 9.97. The third-order valence-electron chi connectivity index (χ3n) is 3.05. The minimum atomic E-state index is 0.308. The van der Waals surface area contributed by atoms with Crippen LogP contribution in [0.3, 0.4) is 0 Å². The predicted octanol–water partition coefficient (Wildman–Crippen LogP) is 1.16. The molecule has 0 aromatic carbocycles. The van der Waals surface area contributed by atoms with Crippen molar-refractivity contribution in [2.45, 2.75) is 38.3 Å². The molecule has 0 amide bonds. The van der Waals surface area contributed by atoms with Gasteiger partial charge in [0.2, 0.25) is 0 Å². The van der Waals surface area contributed by atoms with Crippen molar-refractivity contribution in [3.63, 3.8) is 0 Å². The molecule has 0 saturated heterocycles. The van der Waals surface area contributed by atoms with Crippen molar-refractivity contribution in [1.82, 2.24) is 14.7 Å². The van der Waals surface area contributed by atoms with Gasteiger partial charge in [0.1, 0.15) is 0 Å². The van der Waals surface area contributed by atoms with Gasteiger partial charge in [-0.05, 0) is 38.3 Å². The fourth-order valence-electron chi connectivity index (χ4n) is 2.01. The summed E-state index contributed by atoms with van der Waals surface area (Å²) in [5, 5.41) is 13.2. The molecular formula is C12H21N3O. The van der Waals surface area contributed by atoms with Crippen LogP contribution in [0.5, 0.6) is 0 Å². The van der Waals surface area contributed by atoms with Crippen molar-refractivity contribution in [3.8, 4) is 0 Å². The van der Waals surface area contributed by atoms with E-state index in [2.05, 4.69) is 16.1 Å². The highest BCUT2D eigenvalue weighted by Gasteiger charge is 2.28. The Morgan fingerprint density at radius 2 is 2.31 bits per heavy atom. The predicted molar refractivity (Wildman–Crippen MR) is 63.0 cm³/mol. The maximum absolute atomic E-state index is 8.79. The van der Waals surface area contributed by atoms with E-state index in [9.17, 15) is 0 Å². The largest absolute Gasteiger partial charge is 0.396 e. The lowest BCUT2D eigenvalue weighted by molar-refractivity contribution is 0.226. The van der Waals surface area contributed by atoms with Crippen LogP contribution in [0, 0.1) is 0 Å². The highest BCUT2D eigenvalue weighted by molar-refractivity contribution is 5.00. The van der Waals surface area contributed by atoms with Crippen LogP contribution in [0.4, 0.5) is 0 Å². The van der Waals surface area contributed by atoms with Crippen LogP contribution in [0.25, 0.3) is 0 Å². The van der Waals surface area contributed by atoms with Crippen LogP contribution < -0.4 is 0 Å². The molecule has 16 heavy (non-hydrogen) atoms. The summed E-state index contributed by atoms with van der Waals surface area (Å²) in [6.07, 6.45) is 6.64. The number of aryl methyl sites for hydroxylation is 1. The van der Waals surface area contributed by atoms with E-state index in [1.807, 2.05) is 17.9 Å². The molecule has 1 N–H and O–H groups in total. The monoisotopic (exact) mass is 223 g/mol. The Hall–Kier alpha value is -0.870. The second kappa shape index (κ2) is 5.46. The molecule has 4 nitrogen and oxygen atoms in total. The molecule has 1 fully saturated rings. The third-order valence-corrected chi connectivity index (χ3v) is 3.05. The quantitative estimate of drug-likeness (QED) is 0.705. The van der Waals surface area contributed by atoms with E-state index in [0.717, 1.165) is 37.7 Å². The van der Waals surface area contributed by atoms with E-state index in [4.69, 9.17) is 5.11 Å². The van der Waals surface area contributed by atoms with Crippen molar-refractivity contribution >= 4 is 0 Å². The van der Waals surface area contributed by atoms with E-state index in [1.165, 1.54) is 12.8 Å². The molecule has 90 valence electrons. The Kier molecular flexibility index (Phi) is 3.96. The smallest absolute Gasteiger partial charge is 0.0764 e. The first kappa shape index (κ1) is 11.6. The second-order valence-corrected chi connectivity index (χ2v) is 4.61. The number of aromatic nitrogens is 2. The fourth-order valence-corrected chi connectivity index (χ4v) is 2.01. The van der Waals surface area contributed by atoms with Gasteiger partial charge < -0.3 is 5.11 Å². The average molecular weight is 223 g/mol. The number of hydrogen-bond acceptors (Lipinski definition) is 3. The fraction of sp³-hybridized carbons (Fsp3) is 0.750. The molecule has 1 aliphatic rings. The standard InChI is InChI=1S/C12H21N3O/c1-14-8-6-11(13-14)10-15(12-4-5-12)7-2-3-9-16/h6,8,12,16H,2-5,7,9-10H2,1H3. The van der Waals surface area contributed by atoms with Crippen molar-refractivity contribution < 1.29 is 5.11 Å². The molecular weight excluding hydrogens is 202 g/mol. The number of rotatable bonds is 7. The topological polar surface area (TPSA) is 41.3 Å². The Morgan fingerprint density at radius 1 is 1.50 bits per heavy atom. The number of aliphatic hydroxyl groups is 1. The SMILES string of the molecule is Cn1ccc(CN(CCCCO)C2CC2)n1. The summed E-state index contributed by atoms with van der Waals surface area (Å²) in [6.45, 7) is 2.35. The van der Waals surface area contributed by atoms with Gasteiger partial charge in [-0.25, -0.2) is 0 Å². The van der Waals surface area contributed by atoms with Gasteiger partial charge in [-0.2, -0.15) is 5.10 Å². The molecule has 0 radical (unpaired) electrons. The maximum atomic E-state index is 8.79. The second-order valence-electron chi connectivity index (χ2n) is 4.61. The van der Waals surface area contributed by atoms with E-state index in [-0.39, 0.29) is 0 Å². The molecule has 1 aromatic heterocycles. The summed E-state index contributed by atoms with van der Waals surface area (Å²) in [5.74, 6) is 0. The van der Waals surface area contributed by atoms with Crippen molar-refractivity contribution in [1.29, 1.82) is 0 Å². The van der Waals surface area contributed by atoms with Gasteiger partial charge >= 0.3 is 0 Å². The van der Waals surface area contributed by atoms with Gasteiger partial charge in [0.15, 0.2) is 0 Å². The number of hydrogen-bond donors (Lipinski definition) is 1. The van der Waals surface area contributed by atoms with Crippen LogP contribution in [0.15, 0.2) is 12.3 Å². The lowest BCUT2D eigenvalue weighted by atomic mass is 10.3. The van der Waals surface area contributed by atoms with Gasteiger partial charge in [-0.15, -0.1) is 0 Å². The van der Waals surface area contributed by atoms with Crippen molar-refractivity contribution in [3.05, 3.63) is 18.0 Å². The summed E-state index contributed by atoms with van der Waals surface area (Å²) < 4.78 is 1.86. The summed E-state index contributed by atoms with van der Waals surface area (Å²) in [4.78, 5) is 2.50. The van der Waals surface area contributed by atoms with E-state index >= 15 is 0 Å². The molecule has 1 aliphatic carbocycles. The number of nitrogens with zero attached hydrogens (tertiary/aromatic N) is 3. The van der Waals surface area contributed by atoms with Gasteiger partial charge in [0, 0.05) is 32.4 Å². The van der Waals surface area contributed by atoms with E-state index < -0.39 is 0 Å². The molecule has 4 heteroatoms. The Bertz CT molecular complexity index is 320. The van der Waals surface area contributed by atoms with Crippen LogP contribution in [-0.4, -0.2) is 39.0 Å². The highest BCUT2D eigenvalue weighted by Crippen LogP contribution is 2.28. The number of unbranched alkanes of at least 4 members (excludes halogenated alkanes) is 1. The van der Waals surface area contributed by atoms with Crippen LogP contribution >= 0.6 is 0 Å². The first-order valence-electron chi connectivity index (χ1n) is 6.13. The molecule has 1 saturated carbocycles. The zero-order valence-corrected chi connectivity index (χ0v) is 9.97.